The minimum absolute atomic E-state index is 0.156. The predicted octanol–water partition coefficient (Wildman–Crippen LogP) is 1.68. The van der Waals surface area contributed by atoms with E-state index in [1.165, 1.54) is 0 Å². The van der Waals surface area contributed by atoms with E-state index in [2.05, 4.69) is 14.9 Å². The van der Waals surface area contributed by atoms with E-state index in [1.807, 2.05) is 7.05 Å². The molecule has 0 aliphatic carbocycles. The minimum atomic E-state index is -4.18. The zero-order valence-corrected chi connectivity index (χ0v) is 10.8. The molecule has 0 saturated carbocycles. The maximum absolute atomic E-state index is 11.8. The van der Waals surface area contributed by atoms with Gasteiger partial charge in [-0.15, -0.1) is 0 Å². The summed E-state index contributed by atoms with van der Waals surface area (Å²) in [6.45, 7) is 4.08. The molecule has 2 N–H and O–H groups in total. The van der Waals surface area contributed by atoms with E-state index < -0.39 is 5.51 Å². The summed E-state index contributed by atoms with van der Waals surface area (Å²) in [5.41, 5.74) is -4.18. The fourth-order valence-corrected chi connectivity index (χ4v) is 2.40. The molecular formula is C10H20F3N3S. The van der Waals surface area contributed by atoms with Crippen LogP contribution in [0.4, 0.5) is 13.2 Å². The van der Waals surface area contributed by atoms with E-state index in [-0.39, 0.29) is 11.9 Å². The number of nitrogens with zero attached hydrogens (tertiary/aromatic N) is 1. The third kappa shape index (κ3) is 7.13. The van der Waals surface area contributed by atoms with Crippen molar-refractivity contribution in [1.82, 2.24) is 14.9 Å². The smallest absolute Gasteiger partial charge is 0.319 e. The van der Waals surface area contributed by atoms with Gasteiger partial charge in [-0.05, 0) is 45.4 Å². The van der Waals surface area contributed by atoms with Crippen molar-refractivity contribution >= 4 is 11.9 Å². The van der Waals surface area contributed by atoms with Crippen LogP contribution < -0.4 is 10.0 Å². The number of hydrogen-bond acceptors (Lipinski definition) is 4. The van der Waals surface area contributed by atoms with Crippen LogP contribution in [-0.2, 0) is 0 Å². The Bertz CT molecular complexity index is 205. The lowest BCUT2D eigenvalue weighted by molar-refractivity contribution is -0.0336. The normalized spacial score (nSPS) is 19.8. The molecule has 7 heteroatoms. The quantitative estimate of drug-likeness (QED) is 0.568. The monoisotopic (exact) mass is 271 g/mol. The standard InChI is InChI=1S/C10H20F3N3S/c1-14-8-9-2-5-16(6-3-9)7-4-15-17-10(11,12)13/h9,14-15H,2-8H2,1H3. The average molecular weight is 271 g/mol. The van der Waals surface area contributed by atoms with Gasteiger partial charge in [0.25, 0.3) is 0 Å². The van der Waals surface area contributed by atoms with Crippen LogP contribution in [0.1, 0.15) is 12.8 Å². The number of likely N-dealkylation sites (tertiary alicyclic amines) is 1. The van der Waals surface area contributed by atoms with Crippen molar-refractivity contribution in [3.05, 3.63) is 0 Å². The average Bonchev–Trinajstić information content (AvgIpc) is 2.26. The molecule has 1 aliphatic heterocycles. The van der Waals surface area contributed by atoms with E-state index in [0.29, 0.717) is 19.0 Å². The first kappa shape index (κ1) is 15.1. The molecule has 0 bridgehead atoms. The van der Waals surface area contributed by atoms with Gasteiger partial charge in [0, 0.05) is 25.0 Å². The van der Waals surface area contributed by atoms with E-state index in [4.69, 9.17) is 0 Å². The summed E-state index contributed by atoms with van der Waals surface area (Å²) in [4.78, 5) is 2.22. The van der Waals surface area contributed by atoms with Gasteiger partial charge in [-0.25, -0.2) is 0 Å². The van der Waals surface area contributed by atoms with Crippen LogP contribution in [0.5, 0.6) is 0 Å². The molecule has 1 fully saturated rings. The molecule has 0 radical (unpaired) electrons. The Morgan fingerprint density at radius 1 is 1.29 bits per heavy atom. The topological polar surface area (TPSA) is 27.3 Å². The highest BCUT2D eigenvalue weighted by Crippen LogP contribution is 2.26. The van der Waals surface area contributed by atoms with Gasteiger partial charge in [-0.2, -0.15) is 13.2 Å². The third-order valence-corrected chi connectivity index (χ3v) is 3.50. The molecule has 17 heavy (non-hydrogen) atoms. The van der Waals surface area contributed by atoms with Gasteiger partial charge in [-0.3, -0.25) is 4.72 Å². The van der Waals surface area contributed by atoms with Crippen LogP contribution in [0.2, 0.25) is 0 Å². The van der Waals surface area contributed by atoms with Crippen molar-refractivity contribution in [2.75, 3.05) is 39.8 Å². The number of nitrogens with one attached hydrogen (secondary N) is 2. The van der Waals surface area contributed by atoms with E-state index >= 15 is 0 Å². The molecular weight excluding hydrogens is 251 g/mol. The lowest BCUT2D eigenvalue weighted by Gasteiger charge is -2.31. The highest BCUT2D eigenvalue weighted by atomic mass is 32.2. The third-order valence-electron chi connectivity index (χ3n) is 2.92. The van der Waals surface area contributed by atoms with Crippen molar-refractivity contribution < 1.29 is 13.2 Å². The Hall–Kier alpha value is 0.0200. The van der Waals surface area contributed by atoms with Gasteiger partial charge in [0.2, 0.25) is 0 Å². The molecule has 0 unspecified atom stereocenters. The SMILES string of the molecule is CNCC1CCN(CCNSC(F)(F)F)CC1. The minimum Gasteiger partial charge on any atom is -0.319 e. The predicted molar refractivity (Wildman–Crippen MR) is 64.7 cm³/mol. The van der Waals surface area contributed by atoms with Crippen molar-refractivity contribution in [3.63, 3.8) is 0 Å². The largest absolute Gasteiger partial charge is 0.456 e. The summed E-state index contributed by atoms with van der Waals surface area (Å²) in [5, 5.41) is 3.16. The van der Waals surface area contributed by atoms with Gasteiger partial charge < -0.3 is 10.2 Å². The highest BCUT2D eigenvalue weighted by molar-refractivity contribution is 7.98. The molecule has 1 saturated heterocycles. The van der Waals surface area contributed by atoms with Crippen LogP contribution in [-0.4, -0.2) is 50.2 Å². The second-order valence-corrected chi connectivity index (χ2v) is 5.24. The molecule has 0 spiro atoms. The molecule has 1 aliphatic rings. The summed E-state index contributed by atoms with van der Waals surface area (Å²) in [6.07, 6.45) is 2.26. The van der Waals surface area contributed by atoms with E-state index in [1.54, 1.807) is 0 Å². The summed E-state index contributed by atoms with van der Waals surface area (Å²) in [7, 11) is 1.95. The summed E-state index contributed by atoms with van der Waals surface area (Å²) in [6, 6.07) is 0. The van der Waals surface area contributed by atoms with Crippen LogP contribution in [0.15, 0.2) is 0 Å². The van der Waals surface area contributed by atoms with E-state index in [0.717, 1.165) is 32.5 Å². The first-order valence-electron chi connectivity index (χ1n) is 5.86. The Kier molecular flexibility index (Phi) is 6.61. The van der Waals surface area contributed by atoms with Crippen LogP contribution in [0.25, 0.3) is 0 Å². The first-order valence-corrected chi connectivity index (χ1v) is 6.67. The van der Waals surface area contributed by atoms with Gasteiger partial charge >= 0.3 is 5.51 Å². The number of rotatable bonds is 6. The van der Waals surface area contributed by atoms with Gasteiger partial charge in [-0.1, -0.05) is 0 Å². The zero-order valence-electron chi connectivity index (χ0n) is 10.0. The van der Waals surface area contributed by atoms with Crippen LogP contribution >= 0.6 is 11.9 Å². The number of alkyl halides is 3. The van der Waals surface area contributed by atoms with Crippen molar-refractivity contribution in [1.29, 1.82) is 0 Å². The Labute approximate surface area is 105 Å². The maximum Gasteiger partial charge on any atom is 0.456 e. The number of hydrogen-bond donors (Lipinski definition) is 2. The second-order valence-electron chi connectivity index (χ2n) is 4.28. The molecule has 3 nitrogen and oxygen atoms in total. The molecule has 0 aromatic rings. The zero-order chi connectivity index (χ0) is 12.7. The van der Waals surface area contributed by atoms with Crippen LogP contribution in [0, 0.1) is 5.92 Å². The second kappa shape index (κ2) is 7.45. The van der Waals surface area contributed by atoms with Gasteiger partial charge in [0.1, 0.15) is 0 Å². The Balaban J connectivity index is 2.02. The van der Waals surface area contributed by atoms with Gasteiger partial charge in [0.05, 0.1) is 0 Å². The van der Waals surface area contributed by atoms with Crippen molar-refractivity contribution in [2.24, 2.45) is 5.92 Å². The molecule has 1 heterocycles. The fourth-order valence-electron chi connectivity index (χ4n) is 2.04. The first-order chi connectivity index (χ1) is 8.01. The molecule has 1 rings (SSSR count). The summed E-state index contributed by atoms with van der Waals surface area (Å²) < 4.78 is 37.9. The Morgan fingerprint density at radius 3 is 2.47 bits per heavy atom. The fraction of sp³-hybridized carbons (Fsp3) is 1.00. The molecule has 0 aromatic heterocycles. The molecule has 0 amide bonds. The molecule has 102 valence electrons. The molecule has 0 aromatic carbocycles. The highest BCUT2D eigenvalue weighted by Gasteiger charge is 2.28. The number of halogens is 3. The lowest BCUT2D eigenvalue weighted by atomic mass is 9.97. The number of piperidine rings is 1. The van der Waals surface area contributed by atoms with Crippen molar-refractivity contribution in [2.45, 2.75) is 18.3 Å². The Morgan fingerprint density at radius 2 is 1.94 bits per heavy atom. The van der Waals surface area contributed by atoms with Gasteiger partial charge in [0.15, 0.2) is 0 Å². The van der Waals surface area contributed by atoms with Crippen LogP contribution in [0.3, 0.4) is 0 Å². The summed E-state index contributed by atoms with van der Waals surface area (Å²) >= 11 is -0.156. The summed E-state index contributed by atoms with van der Waals surface area (Å²) in [5.74, 6) is 0.716. The van der Waals surface area contributed by atoms with Crippen molar-refractivity contribution in [3.8, 4) is 0 Å². The molecule has 0 atom stereocenters. The lowest BCUT2D eigenvalue weighted by Crippen LogP contribution is -2.39. The van der Waals surface area contributed by atoms with E-state index in [9.17, 15) is 13.2 Å². The maximum atomic E-state index is 11.8.